The van der Waals surface area contributed by atoms with Gasteiger partial charge in [-0.25, -0.2) is 0 Å². The fraction of sp³-hybridized carbons (Fsp3) is 0.667. The van der Waals surface area contributed by atoms with Gasteiger partial charge in [-0.2, -0.15) is 0 Å². The van der Waals surface area contributed by atoms with Gasteiger partial charge < -0.3 is 5.11 Å². The second-order valence-electron chi connectivity index (χ2n) is 2.54. The first kappa shape index (κ1) is 11.6. The van der Waals surface area contributed by atoms with Crippen molar-refractivity contribution in [2.75, 3.05) is 5.75 Å². The summed E-state index contributed by atoms with van der Waals surface area (Å²) in [4.78, 5) is 10.6. The lowest BCUT2D eigenvalue weighted by molar-refractivity contribution is -0.136. The number of allylic oxidation sites excluding steroid dienone is 1. The molecule has 0 aromatic heterocycles. The quantitative estimate of drug-likeness (QED) is 0.493. The summed E-state index contributed by atoms with van der Waals surface area (Å²) >= 11 is 1.52. The van der Waals surface area contributed by atoms with Crippen LogP contribution in [0.5, 0.6) is 0 Å². The van der Waals surface area contributed by atoms with Crippen molar-refractivity contribution < 1.29 is 9.90 Å². The molecule has 0 heterocycles. The van der Waals surface area contributed by atoms with E-state index in [4.69, 9.17) is 5.11 Å². The molecule has 0 spiro atoms. The molecule has 0 radical (unpaired) electrons. The van der Waals surface area contributed by atoms with Gasteiger partial charge in [0.1, 0.15) is 5.25 Å². The van der Waals surface area contributed by atoms with E-state index in [0.29, 0.717) is 6.42 Å². The van der Waals surface area contributed by atoms with E-state index in [1.165, 1.54) is 11.8 Å². The summed E-state index contributed by atoms with van der Waals surface area (Å²) in [6, 6.07) is 0. The molecular weight excluding hydrogens is 172 g/mol. The van der Waals surface area contributed by atoms with Crippen molar-refractivity contribution >= 4 is 17.7 Å². The van der Waals surface area contributed by atoms with Gasteiger partial charge in [-0.3, -0.25) is 4.79 Å². The Balaban J connectivity index is 3.44. The lowest BCUT2D eigenvalue weighted by Crippen LogP contribution is -2.15. The van der Waals surface area contributed by atoms with Crippen LogP contribution in [0.3, 0.4) is 0 Å². The minimum Gasteiger partial charge on any atom is -0.480 e. The summed E-state index contributed by atoms with van der Waals surface area (Å²) in [6.45, 7) is 5.51. The average molecular weight is 188 g/mol. The van der Waals surface area contributed by atoms with Crippen molar-refractivity contribution in [2.45, 2.75) is 31.4 Å². The van der Waals surface area contributed by atoms with E-state index in [1.807, 2.05) is 13.0 Å². The lowest BCUT2D eigenvalue weighted by atomic mass is 10.3. The molecule has 3 heteroatoms. The Morgan fingerprint density at radius 3 is 2.83 bits per heavy atom. The maximum absolute atomic E-state index is 10.6. The highest BCUT2D eigenvalue weighted by atomic mass is 32.2. The smallest absolute Gasteiger partial charge is 0.316 e. The van der Waals surface area contributed by atoms with Crippen LogP contribution < -0.4 is 0 Å². The van der Waals surface area contributed by atoms with E-state index >= 15 is 0 Å². The van der Waals surface area contributed by atoms with E-state index in [9.17, 15) is 4.79 Å². The van der Waals surface area contributed by atoms with Crippen LogP contribution >= 0.6 is 11.8 Å². The van der Waals surface area contributed by atoms with Crippen molar-refractivity contribution in [1.29, 1.82) is 0 Å². The molecule has 0 aliphatic heterocycles. The molecule has 0 fully saturated rings. The fourth-order valence-corrected chi connectivity index (χ4v) is 1.81. The first-order chi connectivity index (χ1) is 5.72. The summed E-state index contributed by atoms with van der Waals surface area (Å²) in [7, 11) is 0. The fourth-order valence-electron chi connectivity index (χ4n) is 0.817. The van der Waals surface area contributed by atoms with E-state index in [0.717, 1.165) is 18.6 Å². The van der Waals surface area contributed by atoms with Crippen LogP contribution in [0.15, 0.2) is 12.7 Å². The van der Waals surface area contributed by atoms with Gasteiger partial charge in [-0.05, 0) is 25.0 Å². The van der Waals surface area contributed by atoms with Crippen molar-refractivity contribution in [3.8, 4) is 0 Å². The highest BCUT2D eigenvalue weighted by molar-refractivity contribution is 8.00. The molecule has 0 aromatic rings. The number of thioether (sulfide) groups is 1. The maximum atomic E-state index is 10.6. The van der Waals surface area contributed by atoms with Crippen LogP contribution in [0.1, 0.15) is 26.2 Å². The van der Waals surface area contributed by atoms with Crippen LogP contribution in [-0.2, 0) is 4.79 Å². The molecule has 1 N–H and O–H groups in total. The third kappa shape index (κ3) is 5.24. The van der Waals surface area contributed by atoms with Crippen molar-refractivity contribution in [3.63, 3.8) is 0 Å². The molecule has 2 nitrogen and oxygen atoms in total. The number of carboxylic acid groups (broad SMARTS) is 1. The predicted octanol–water partition coefficient (Wildman–Crippen LogP) is 2.55. The van der Waals surface area contributed by atoms with Crippen molar-refractivity contribution in [3.05, 3.63) is 12.7 Å². The predicted molar refractivity (Wildman–Crippen MR) is 53.6 cm³/mol. The van der Waals surface area contributed by atoms with Crippen LogP contribution in [0.2, 0.25) is 0 Å². The molecule has 0 rings (SSSR count). The molecule has 0 bridgehead atoms. The number of aliphatic carboxylic acids is 1. The zero-order valence-electron chi connectivity index (χ0n) is 7.45. The van der Waals surface area contributed by atoms with Gasteiger partial charge in [-0.1, -0.05) is 13.0 Å². The van der Waals surface area contributed by atoms with Gasteiger partial charge >= 0.3 is 5.97 Å². The number of rotatable bonds is 7. The summed E-state index contributed by atoms with van der Waals surface area (Å²) < 4.78 is 0. The highest BCUT2D eigenvalue weighted by Crippen LogP contribution is 2.16. The second kappa shape index (κ2) is 7.22. The Morgan fingerprint density at radius 2 is 2.42 bits per heavy atom. The Morgan fingerprint density at radius 1 is 1.75 bits per heavy atom. The zero-order chi connectivity index (χ0) is 9.40. The van der Waals surface area contributed by atoms with Crippen LogP contribution in [-0.4, -0.2) is 22.1 Å². The molecule has 70 valence electrons. The third-order valence-electron chi connectivity index (χ3n) is 1.52. The summed E-state index contributed by atoms with van der Waals surface area (Å²) in [5.41, 5.74) is 0. The van der Waals surface area contributed by atoms with Crippen molar-refractivity contribution in [1.82, 2.24) is 0 Å². The Bertz CT molecular complexity index is 145. The minimum absolute atomic E-state index is 0.227. The van der Waals surface area contributed by atoms with Gasteiger partial charge in [0.2, 0.25) is 0 Å². The van der Waals surface area contributed by atoms with E-state index in [1.54, 1.807) is 0 Å². The first-order valence-electron chi connectivity index (χ1n) is 4.17. The van der Waals surface area contributed by atoms with Gasteiger partial charge in [0, 0.05) is 0 Å². The first-order valence-corrected chi connectivity index (χ1v) is 5.22. The monoisotopic (exact) mass is 188 g/mol. The molecule has 1 atom stereocenters. The molecule has 1 unspecified atom stereocenters. The van der Waals surface area contributed by atoms with E-state index < -0.39 is 5.97 Å². The normalized spacial score (nSPS) is 12.4. The minimum atomic E-state index is -0.693. The van der Waals surface area contributed by atoms with Gasteiger partial charge in [-0.15, -0.1) is 18.3 Å². The highest BCUT2D eigenvalue weighted by Gasteiger charge is 2.13. The van der Waals surface area contributed by atoms with E-state index in [2.05, 4.69) is 6.58 Å². The Hall–Kier alpha value is -0.440. The zero-order valence-corrected chi connectivity index (χ0v) is 8.27. The molecule has 0 amide bonds. The summed E-state index contributed by atoms with van der Waals surface area (Å²) in [5.74, 6) is 0.220. The number of hydrogen-bond acceptors (Lipinski definition) is 2. The molecule has 0 aliphatic carbocycles. The van der Waals surface area contributed by atoms with Crippen LogP contribution in [0.4, 0.5) is 0 Å². The number of unbranched alkanes of at least 4 members (excludes halogenated alkanes) is 1. The Labute approximate surface area is 78.0 Å². The Kier molecular flexibility index (Phi) is 6.96. The molecule has 0 saturated heterocycles. The van der Waals surface area contributed by atoms with Gasteiger partial charge in [0.15, 0.2) is 0 Å². The number of hydrogen-bond donors (Lipinski definition) is 1. The number of carbonyl (C=O) groups is 1. The molecular formula is C9H16O2S. The third-order valence-corrected chi connectivity index (χ3v) is 2.98. The standard InChI is InChI=1S/C9H16O2S/c1-3-5-6-7-12-8(4-2)9(10)11/h3,8H,1,4-7H2,2H3,(H,10,11). The molecule has 0 aliphatic rings. The van der Waals surface area contributed by atoms with Gasteiger partial charge in [0.05, 0.1) is 0 Å². The lowest BCUT2D eigenvalue weighted by Gasteiger charge is -2.07. The second-order valence-corrected chi connectivity index (χ2v) is 3.85. The molecule has 0 saturated carbocycles. The van der Waals surface area contributed by atoms with Crippen LogP contribution in [0, 0.1) is 0 Å². The molecule has 12 heavy (non-hydrogen) atoms. The van der Waals surface area contributed by atoms with Crippen molar-refractivity contribution in [2.24, 2.45) is 0 Å². The SMILES string of the molecule is C=CCCCSC(CC)C(=O)O. The number of carboxylic acids is 1. The van der Waals surface area contributed by atoms with E-state index in [-0.39, 0.29) is 5.25 Å². The van der Waals surface area contributed by atoms with Gasteiger partial charge in [0.25, 0.3) is 0 Å². The largest absolute Gasteiger partial charge is 0.480 e. The summed E-state index contributed by atoms with van der Waals surface area (Å²) in [6.07, 6.45) is 4.57. The van der Waals surface area contributed by atoms with Crippen LogP contribution in [0.25, 0.3) is 0 Å². The molecule has 0 aromatic carbocycles. The topological polar surface area (TPSA) is 37.3 Å². The maximum Gasteiger partial charge on any atom is 0.316 e. The average Bonchev–Trinajstić information content (AvgIpc) is 2.04. The summed E-state index contributed by atoms with van der Waals surface area (Å²) in [5, 5.41) is 8.46.